The summed E-state index contributed by atoms with van der Waals surface area (Å²) in [5.74, 6) is -1.08. The number of likely N-dealkylation sites (N-methyl/N-ethyl adjacent to an activating group) is 1. The number of aromatic hydroxyl groups is 1. The van der Waals surface area contributed by atoms with Crippen LogP contribution in [-0.2, 0) is 4.79 Å². The van der Waals surface area contributed by atoms with Crippen LogP contribution in [0, 0.1) is 12.3 Å². The summed E-state index contributed by atoms with van der Waals surface area (Å²) in [5.41, 5.74) is 0.143. The molecule has 0 bridgehead atoms. The number of phenolic OH excluding ortho intramolecular Hbond substituents is 1. The fraction of sp³-hybridized carbons (Fsp3) is 0.364. The number of rotatable bonds is 8. The SMILES string of the molecule is Cc1ccc(C(Nc2nsnc2Nc2cccc(C(=O)N(C)CC(=O)O)c2O)C(C)(C)C)s1. The molecule has 0 spiro atoms. The topological polar surface area (TPSA) is 128 Å². The van der Waals surface area contributed by atoms with E-state index in [0.717, 1.165) is 16.6 Å². The molecule has 0 saturated heterocycles. The van der Waals surface area contributed by atoms with Gasteiger partial charge in [-0.05, 0) is 36.6 Å². The van der Waals surface area contributed by atoms with Gasteiger partial charge in [0.05, 0.1) is 29.0 Å². The zero-order valence-corrected chi connectivity index (χ0v) is 20.7. The van der Waals surface area contributed by atoms with Gasteiger partial charge < -0.3 is 25.7 Å². The third kappa shape index (κ3) is 5.79. The van der Waals surface area contributed by atoms with Crippen molar-refractivity contribution in [1.29, 1.82) is 0 Å². The second-order valence-corrected chi connectivity index (χ2v) is 10.6. The normalized spacial score (nSPS) is 12.3. The van der Waals surface area contributed by atoms with Crippen LogP contribution in [0.5, 0.6) is 5.75 Å². The van der Waals surface area contributed by atoms with Crippen molar-refractivity contribution in [2.24, 2.45) is 5.41 Å². The molecule has 9 nitrogen and oxygen atoms in total. The van der Waals surface area contributed by atoms with E-state index in [1.54, 1.807) is 23.5 Å². The number of phenols is 1. The number of anilines is 3. The Kier molecular flexibility index (Phi) is 7.23. The van der Waals surface area contributed by atoms with Gasteiger partial charge in [-0.15, -0.1) is 11.3 Å². The predicted octanol–water partition coefficient (Wildman–Crippen LogP) is 4.71. The molecule has 33 heavy (non-hydrogen) atoms. The van der Waals surface area contributed by atoms with Gasteiger partial charge in [0.25, 0.3) is 5.91 Å². The smallest absolute Gasteiger partial charge is 0.323 e. The maximum atomic E-state index is 12.6. The highest BCUT2D eigenvalue weighted by molar-refractivity contribution is 7.12. The first-order valence-corrected chi connectivity index (χ1v) is 11.7. The van der Waals surface area contributed by atoms with E-state index in [0.29, 0.717) is 11.6 Å². The number of carboxylic acids is 1. The third-order valence-corrected chi connectivity index (χ3v) is 6.51. The minimum absolute atomic E-state index is 0.0110. The second kappa shape index (κ2) is 9.75. The van der Waals surface area contributed by atoms with Crippen molar-refractivity contribution >= 4 is 52.3 Å². The Morgan fingerprint density at radius 2 is 1.85 bits per heavy atom. The molecule has 11 heteroatoms. The number of carbonyl (C=O) groups excluding carboxylic acids is 1. The largest absolute Gasteiger partial charge is 0.505 e. The van der Waals surface area contributed by atoms with E-state index in [1.165, 1.54) is 22.9 Å². The molecule has 3 aromatic rings. The zero-order chi connectivity index (χ0) is 24.3. The molecule has 0 saturated carbocycles. The number of amides is 1. The first kappa shape index (κ1) is 24.5. The van der Waals surface area contributed by atoms with Gasteiger partial charge >= 0.3 is 5.97 Å². The maximum absolute atomic E-state index is 12.6. The standard InChI is InChI=1S/C22H27N5O4S2/c1-12-9-10-15(32-12)18(22(2,3)4)24-20-19(25-33-26-20)23-14-8-6-7-13(17(14)30)21(31)27(5)11-16(28)29/h6-10,18,30H,11H2,1-5H3,(H,23,25)(H,24,26)(H,28,29). The van der Waals surface area contributed by atoms with E-state index in [1.807, 2.05) is 0 Å². The Bertz CT molecular complexity index is 1150. The average molecular weight is 490 g/mol. The molecule has 176 valence electrons. The summed E-state index contributed by atoms with van der Waals surface area (Å²) in [6.07, 6.45) is 0. The van der Waals surface area contributed by atoms with Crippen molar-refractivity contribution in [3.05, 3.63) is 45.6 Å². The molecule has 1 amide bonds. The summed E-state index contributed by atoms with van der Waals surface area (Å²) in [5, 5.41) is 26.2. The number of nitrogens with zero attached hydrogens (tertiary/aromatic N) is 3. The molecular weight excluding hydrogens is 462 g/mol. The summed E-state index contributed by atoms with van der Waals surface area (Å²) >= 11 is 2.74. The maximum Gasteiger partial charge on any atom is 0.323 e. The Hall–Kier alpha value is -3.18. The second-order valence-electron chi connectivity index (χ2n) is 8.73. The van der Waals surface area contributed by atoms with Gasteiger partial charge in [-0.2, -0.15) is 8.75 Å². The van der Waals surface area contributed by atoms with Crippen LogP contribution in [-0.4, -0.2) is 49.3 Å². The van der Waals surface area contributed by atoms with Crippen molar-refractivity contribution in [2.45, 2.75) is 33.7 Å². The number of hydrogen-bond donors (Lipinski definition) is 4. The number of para-hydroxylation sites is 1. The number of aliphatic carboxylic acids is 1. The molecule has 0 aliphatic carbocycles. The number of aryl methyl sites for hydroxylation is 1. The molecule has 0 aliphatic heterocycles. The van der Waals surface area contributed by atoms with Crippen molar-refractivity contribution < 1.29 is 19.8 Å². The lowest BCUT2D eigenvalue weighted by Crippen LogP contribution is -2.32. The van der Waals surface area contributed by atoms with E-state index in [2.05, 4.69) is 59.2 Å². The number of carbonyl (C=O) groups is 2. The fourth-order valence-corrected chi connectivity index (χ4v) is 4.90. The highest BCUT2D eigenvalue weighted by Gasteiger charge is 2.29. The molecule has 1 aromatic carbocycles. The van der Waals surface area contributed by atoms with Crippen molar-refractivity contribution in [3.8, 4) is 5.75 Å². The van der Waals surface area contributed by atoms with E-state index in [-0.39, 0.29) is 28.5 Å². The van der Waals surface area contributed by atoms with Crippen LogP contribution in [0.25, 0.3) is 0 Å². The average Bonchev–Trinajstić information content (AvgIpc) is 3.34. The summed E-state index contributed by atoms with van der Waals surface area (Å²) in [6.45, 7) is 8.01. The van der Waals surface area contributed by atoms with Crippen LogP contribution in [0.3, 0.4) is 0 Å². The molecule has 0 aliphatic rings. The van der Waals surface area contributed by atoms with Crippen molar-refractivity contribution in [2.75, 3.05) is 24.2 Å². The van der Waals surface area contributed by atoms with Gasteiger partial charge in [0, 0.05) is 16.8 Å². The summed E-state index contributed by atoms with van der Waals surface area (Å²) in [7, 11) is 1.36. The number of benzene rings is 1. The molecule has 3 rings (SSSR count). The number of nitrogens with one attached hydrogen (secondary N) is 2. The minimum atomic E-state index is -1.14. The summed E-state index contributed by atoms with van der Waals surface area (Å²) in [4.78, 5) is 26.9. The van der Waals surface area contributed by atoms with E-state index < -0.39 is 18.4 Å². The Morgan fingerprint density at radius 1 is 1.15 bits per heavy atom. The molecule has 2 aromatic heterocycles. The van der Waals surface area contributed by atoms with Crippen LogP contribution in [0.4, 0.5) is 17.3 Å². The monoisotopic (exact) mass is 489 g/mol. The van der Waals surface area contributed by atoms with Gasteiger partial charge in [-0.1, -0.05) is 26.8 Å². The number of hydrogen-bond acceptors (Lipinski definition) is 9. The Balaban J connectivity index is 1.86. The Labute approximate surface area is 200 Å². The molecule has 4 N–H and O–H groups in total. The van der Waals surface area contributed by atoms with Crippen LogP contribution >= 0.6 is 23.1 Å². The molecular formula is C22H27N5O4S2. The van der Waals surface area contributed by atoms with Crippen LogP contribution in [0.1, 0.15) is 46.9 Å². The van der Waals surface area contributed by atoms with Crippen LogP contribution in [0.2, 0.25) is 0 Å². The van der Waals surface area contributed by atoms with Crippen LogP contribution < -0.4 is 10.6 Å². The van der Waals surface area contributed by atoms with E-state index in [9.17, 15) is 14.7 Å². The van der Waals surface area contributed by atoms with E-state index >= 15 is 0 Å². The summed E-state index contributed by atoms with van der Waals surface area (Å²) in [6, 6.07) is 8.81. The number of carboxylic acid groups (broad SMARTS) is 1. The minimum Gasteiger partial charge on any atom is -0.505 e. The van der Waals surface area contributed by atoms with Gasteiger partial charge in [0.15, 0.2) is 17.4 Å². The lowest BCUT2D eigenvalue weighted by Gasteiger charge is -2.31. The third-order valence-electron chi connectivity index (χ3n) is 4.92. The quantitative estimate of drug-likeness (QED) is 0.335. The zero-order valence-electron chi connectivity index (χ0n) is 19.0. The molecule has 1 unspecified atom stereocenters. The molecule has 1 atom stereocenters. The molecule has 0 fully saturated rings. The lowest BCUT2D eigenvalue weighted by molar-refractivity contribution is -0.137. The molecule has 2 heterocycles. The first-order valence-electron chi connectivity index (χ1n) is 10.2. The van der Waals surface area contributed by atoms with Crippen molar-refractivity contribution in [1.82, 2.24) is 13.6 Å². The number of thiophene rings is 1. The van der Waals surface area contributed by atoms with Gasteiger partial charge in [-0.3, -0.25) is 9.59 Å². The van der Waals surface area contributed by atoms with Crippen molar-refractivity contribution in [3.63, 3.8) is 0 Å². The number of aromatic nitrogens is 2. The van der Waals surface area contributed by atoms with E-state index in [4.69, 9.17) is 5.11 Å². The summed E-state index contributed by atoms with van der Waals surface area (Å²) < 4.78 is 8.70. The Morgan fingerprint density at radius 3 is 2.45 bits per heavy atom. The molecule has 0 radical (unpaired) electrons. The fourth-order valence-electron chi connectivity index (χ4n) is 3.25. The lowest BCUT2D eigenvalue weighted by atomic mass is 9.86. The first-order chi connectivity index (χ1) is 15.5. The highest BCUT2D eigenvalue weighted by Crippen LogP contribution is 2.40. The highest BCUT2D eigenvalue weighted by atomic mass is 32.1. The van der Waals surface area contributed by atoms with Gasteiger partial charge in [-0.25, -0.2) is 0 Å². The van der Waals surface area contributed by atoms with Gasteiger partial charge in [0.2, 0.25) is 0 Å². The van der Waals surface area contributed by atoms with Crippen LogP contribution in [0.15, 0.2) is 30.3 Å². The van der Waals surface area contributed by atoms with Gasteiger partial charge in [0.1, 0.15) is 6.54 Å². The predicted molar refractivity (Wildman–Crippen MR) is 131 cm³/mol.